The summed E-state index contributed by atoms with van der Waals surface area (Å²) in [6, 6.07) is 5.18. The second-order valence-electron chi connectivity index (χ2n) is 7.27. The highest BCUT2D eigenvalue weighted by Gasteiger charge is 2.66. The highest BCUT2D eigenvalue weighted by molar-refractivity contribution is 5.97. The van der Waals surface area contributed by atoms with Crippen molar-refractivity contribution in [3.8, 4) is 6.07 Å². The smallest absolute Gasteiger partial charge is 0.329 e. The summed E-state index contributed by atoms with van der Waals surface area (Å²) >= 11 is 0. The average molecular weight is 424 g/mol. The number of nitrogens with zero attached hydrogens (tertiary/aromatic N) is 3. The molecule has 160 valence electrons. The number of hydrogen-bond acceptors (Lipinski definition) is 8. The van der Waals surface area contributed by atoms with Crippen LogP contribution in [0, 0.1) is 26.9 Å². The van der Waals surface area contributed by atoms with Crippen molar-refractivity contribution < 1.29 is 24.0 Å². The maximum atomic E-state index is 13.1. The number of fused-ring (bicyclic) bond motifs is 1. The minimum Gasteiger partial charge on any atom is -0.465 e. The van der Waals surface area contributed by atoms with E-state index >= 15 is 0 Å². The average Bonchev–Trinajstić information content (AvgIpc) is 3.04. The lowest BCUT2D eigenvalue weighted by atomic mass is 9.68. The first-order valence-electron chi connectivity index (χ1n) is 9.49. The number of hydrogen-bond donors (Lipinski definition) is 1. The van der Waals surface area contributed by atoms with Crippen LogP contribution in [0.5, 0.6) is 0 Å². The van der Waals surface area contributed by atoms with E-state index in [-0.39, 0.29) is 23.7 Å². The van der Waals surface area contributed by atoms with Gasteiger partial charge in [-0.2, -0.15) is 5.26 Å². The molecule has 0 saturated carbocycles. The normalized spacial score (nSPS) is 26.4. The number of ketones is 1. The lowest BCUT2D eigenvalue weighted by molar-refractivity contribution is -0.384. The Morgan fingerprint density at radius 2 is 1.97 bits per heavy atom. The van der Waals surface area contributed by atoms with Crippen molar-refractivity contribution in [3.63, 3.8) is 0 Å². The number of nitriles is 1. The van der Waals surface area contributed by atoms with Crippen LogP contribution in [0.4, 0.5) is 5.69 Å². The predicted octanol–water partition coefficient (Wildman–Crippen LogP) is 1.33. The molecule has 0 aliphatic carbocycles. The molecule has 10 nitrogen and oxygen atoms in total. The van der Waals surface area contributed by atoms with E-state index in [0.717, 1.165) is 0 Å². The molecule has 4 atom stereocenters. The Kier molecular flexibility index (Phi) is 5.62. The number of carbonyl (C=O) groups excluding carboxylic acids is 3. The summed E-state index contributed by atoms with van der Waals surface area (Å²) in [4.78, 5) is 49.5. The van der Waals surface area contributed by atoms with Gasteiger partial charge in [-0.25, -0.2) is 0 Å². The van der Waals surface area contributed by atoms with Gasteiger partial charge >= 0.3 is 5.97 Å². The highest BCUT2D eigenvalue weighted by atomic mass is 16.6. The first kappa shape index (κ1) is 21.7. The lowest BCUT2D eigenvalue weighted by Crippen LogP contribution is -2.45. The molecule has 0 unspecified atom stereocenters. The van der Waals surface area contributed by atoms with Gasteiger partial charge in [0.15, 0.2) is 11.2 Å². The van der Waals surface area contributed by atoms with Gasteiger partial charge in [-0.05, 0) is 19.4 Å². The molecule has 2 N–H and O–H groups in total. The molecule has 0 spiro atoms. The van der Waals surface area contributed by atoms with Crippen LogP contribution in [0.3, 0.4) is 0 Å². The molecular weight excluding hydrogens is 404 g/mol. The number of Topliss-reactive ketones (excluding diaryl/α,β-unsaturated/α-hetero) is 1. The van der Waals surface area contributed by atoms with Crippen LogP contribution in [-0.4, -0.2) is 46.2 Å². The number of allylic oxidation sites excluding steroid dienone is 2. The zero-order chi connectivity index (χ0) is 22.9. The summed E-state index contributed by atoms with van der Waals surface area (Å²) in [5.41, 5.74) is 4.25. The highest BCUT2D eigenvalue weighted by Crippen LogP contribution is 2.53. The van der Waals surface area contributed by atoms with Crippen molar-refractivity contribution in [1.29, 1.82) is 5.26 Å². The number of non-ortho nitro benzene ring substituents is 1. The molecule has 10 heteroatoms. The summed E-state index contributed by atoms with van der Waals surface area (Å²) in [5.74, 6) is -3.02. The molecule has 3 rings (SSSR count). The van der Waals surface area contributed by atoms with Crippen molar-refractivity contribution in [3.05, 3.63) is 63.9 Å². The largest absolute Gasteiger partial charge is 0.465 e. The predicted molar refractivity (Wildman–Crippen MR) is 107 cm³/mol. The van der Waals surface area contributed by atoms with Crippen molar-refractivity contribution >= 4 is 23.3 Å². The van der Waals surface area contributed by atoms with E-state index in [0.29, 0.717) is 5.56 Å². The van der Waals surface area contributed by atoms with Crippen LogP contribution in [-0.2, 0) is 19.1 Å². The molecule has 2 aliphatic rings. The van der Waals surface area contributed by atoms with Crippen LogP contribution >= 0.6 is 0 Å². The zero-order valence-electron chi connectivity index (χ0n) is 16.8. The Bertz CT molecular complexity index is 1050. The molecule has 1 saturated heterocycles. The van der Waals surface area contributed by atoms with E-state index in [1.807, 2.05) is 0 Å². The molecule has 0 aromatic heterocycles. The quantitative estimate of drug-likeness (QED) is 0.407. The number of nitro benzene ring substituents is 1. The number of esters is 1. The molecule has 1 aromatic carbocycles. The summed E-state index contributed by atoms with van der Waals surface area (Å²) in [6.45, 7) is 2.94. The molecular formula is C21H20N4O6. The van der Waals surface area contributed by atoms with Crippen LogP contribution in [0.15, 0.2) is 48.2 Å². The fraction of sp³-hybridized carbons (Fsp3) is 0.333. The topological polar surface area (TPSA) is 157 Å². The monoisotopic (exact) mass is 424 g/mol. The number of nitro groups is 1. The van der Waals surface area contributed by atoms with Gasteiger partial charge in [0, 0.05) is 29.8 Å². The molecule has 0 radical (unpaired) electrons. The van der Waals surface area contributed by atoms with Gasteiger partial charge in [-0.1, -0.05) is 24.3 Å². The minimum atomic E-state index is -1.87. The Labute approximate surface area is 177 Å². The van der Waals surface area contributed by atoms with Crippen molar-refractivity contribution in [1.82, 2.24) is 4.90 Å². The lowest BCUT2D eigenvalue weighted by Gasteiger charge is -2.32. The van der Waals surface area contributed by atoms with Crippen molar-refractivity contribution in [2.75, 3.05) is 6.61 Å². The van der Waals surface area contributed by atoms with Gasteiger partial charge in [0.1, 0.15) is 6.04 Å². The van der Waals surface area contributed by atoms with Crippen LogP contribution in [0.1, 0.15) is 25.3 Å². The van der Waals surface area contributed by atoms with E-state index < -0.39 is 40.2 Å². The third-order valence-corrected chi connectivity index (χ3v) is 5.62. The van der Waals surface area contributed by atoms with Crippen molar-refractivity contribution in [2.45, 2.75) is 31.8 Å². The number of nitrogens with two attached hydrogens (primary N) is 1. The third-order valence-electron chi connectivity index (χ3n) is 5.62. The van der Waals surface area contributed by atoms with E-state index in [1.54, 1.807) is 6.92 Å². The van der Waals surface area contributed by atoms with E-state index in [4.69, 9.17) is 10.5 Å². The SMILES string of the molecule is CCOC(=O)[C@]1(C#N)[C@H](c2ccc([N+](=O)[O-])cc2)[C@H](C(N)=O)N2C=C(C(C)=O)C=C[C@@H]21. The summed E-state index contributed by atoms with van der Waals surface area (Å²) < 4.78 is 5.22. The van der Waals surface area contributed by atoms with Gasteiger partial charge in [0.2, 0.25) is 5.91 Å². The van der Waals surface area contributed by atoms with Gasteiger partial charge in [0.05, 0.1) is 23.6 Å². The second kappa shape index (κ2) is 8.02. The Morgan fingerprint density at radius 1 is 1.32 bits per heavy atom. The Balaban J connectivity index is 2.27. The van der Waals surface area contributed by atoms with E-state index in [1.165, 1.54) is 54.4 Å². The molecule has 1 amide bonds. The number of benzene rings is 1. The maximum absolute atomic E-state index is 13.1. The van der Waals surface area contributed by atoms with Crippen molar-refractivity contribution in [2.24, 2.45) is 11.1 Å². The third kappa shape index (κ3) is 3.34. The molecule has 2 aliphatic heterocycles. The van der Waals surface area contributed by atoms with Crippen LogP contribution in [0.25, 0.3) is 0 Å². The standard InChI is InChI=1S/C21H20N4O6/c1-3-31-20(28)21(11-22)16-9-6-14(12(2)26)10-24(16)18(19(23)27)17(21)13-4-7-15(8-5-13)25(29)30/h4-10,16-18H,3H2,1-2H3,(H2,23,27)/t16-,17-,18-,21+/m1/s1. The first-order chi connectivity index (χ1) is 14.7. The summed E-state index contributed by atoms with van der Waals surface area (Å²) in [6.07, 6.45) is 4.42. The second-order valence-corrected chi connectivity index (χ2v) is 7.27. The first-order valence-corrected chi connectivity index (χ1v) is 9.49. The molecule has 1 fully saturated rings. The number of rotatable bonds is 6. The fourth-order valence-corrected chi connectivity index (χ4v) is 4.27. The van der Waals surface area contributed by atoms with Gasteiger partial charge in [0.25, 0.3) is 5.69 Å². The number of ether oxygens (including phenoxy) is 1. The summed E-state index contributed by atoms with van der Waals surface area (Å²) in [7, 11) is 0. The zero-order valence-corrected chi connectivity index (χ0v) is 16.8. The molecule has 2 heterocycles. The number of carbonyl (C=O) groups is 3. The number of amides is 1. The van der Waals surface area contributed by atoms with Gasteiger partial charge in [-0.3, -0.25) is 24.5 Å². The molecule has 1 aromatic rings. The Hall–Kier alpha value is -4.00. The Morgan fingerprint density at radius 3 is 2.45 bits per heavy atom. The molecule has 31 heavy (non-hydrogen) atoms. The van der Waals surface area contributed by atoms with Crippen LogP contribution < -0.4 is 5.73 Å². The number of primary amides is 1. The minimum absolute atomic E-state index is 0.00144. The van der Waals surface area contributed by atoms with Gasteiger partial charge in [-0.15, -0.1) is 0 Å². The maximum Gasteiger partial charge on any atom is 0.329 e. The van der Waals surface area contributed by atoms with E-state index in [9.17, 15) is 29.8 Å². The van der Waals surface area contributed by atoms with Gasteiger partial charge < -0.3 is 15.4 Å². The fourth-order valence-electron chi connectivity index (χ4n) is 4.27. The summed E-state index contributed by atoms with van der Waals surface area (Å²) in [5, 5.41) is 21.3. The van der Waals surface area contributed by atoms with Crippen LogP contribution in [0.2, 0.25) is 0 Å². The molecule has 0 bridgehead atoms. The van der Waals surface area contributed by atoms with E-state index in [2.05, 4.69) is 6.07 Å².